The van der Waals surface area contributed by atoms with Crippen LogP contribution in [0.15, 0.2) is 48.5 Å². The van der Waals surface area contributed by atoms with Gasteiger partial charge in [0.15, 0.2) is 5.11 Å². The summed E-state index contributed by atoms with van der Waals surface area (Å²) >= 11 is 5.34. The molecule has 0 unspecified atom stereocenters. The minimum atomic E-state index is 0.0901. The normalized spacial score (nSPS) is 11.5. The Kier molecular flexibility index (Phi) is 6.88. The van der Waals surface area contributed by atoms with Gasteiger partial charge in [-0.15, -0.1) is 0 Å². The lowest BCUT2D eigenvalue weighted by molar-refractivity contribution is 0.285. The summed E-state index contributed by atoms with van der Waals surface area (Å²) in [7, 11) is 0. The molecule has 0 saturated heterocycles. The van der Waals surface area contributed by atoms with E-state index in [1.807, 2.05) is 69.3 Å². The van der Waals surface area contributed by atoms with Crippen molar-refractivity contribution in [2.75, 3.05) is 18.5 Å². The Balaban J connectivity index is 1.78. The SMILES string of the molecule is CCOc1ccc(NC(=S)N[C@H](C)COc2ccccc2C)cc1. The van der Waals surface area contributed by atoms with E-state index in [0.29, 0.717) is 18.3 Å². The quantitative estimate of drug-likeness (QED) is 0.739. The zero-order valence-electron chi connectivity index (χ0n) is 14.3. The number of ether oxygens (including phenoxy) is 2. The van der Waals surface area contributed by atoms with Gasteiger partial charge in [-0.25, -0.2) is 0 Å². The van der Waals surface area contributed by atoms with E-state index in [1.165, 1.54) is 0 Å². The predicted molar refractivity (Wildman–Crippen MR) is 103 cm³/mol. The summed E-state index contributed by atoms with van der Waals surface area (Å²) in [6.45, 7) is 7.22. The molecule has 0 aliphatic heterocycles. The highest BCUT2D eigenvalue weighted by molar-refractivity contribution is 7.80. The number of anilines is 1. The Morgan fingerprint density at radius 1 is 1.08 bits per heavy atom. The maximum absolute atomic E-state index is 5.83. The van der Waals surface area contributed by atoms with E-state index >= 15 is 0 Å². The van der Waals surface area contributed by atoms with Crippen LogP contribution in [0, 0.1) is 6.92 Å². The fraction of sp³-hybridized carbons (Fsp3) is 0.316. The molecular formula is C19H24N2O2S. The molecule has 0 bridgehead atoms. The summed E-state index contributed by atoms with van der Waals surface area (Å²) in [5, 5.41) is 6.95. The molecule has 2 N–H and O–H groups in total. The Morgan fingerprint density at radius 3 is 2.46 bits per heavy atom. The molecule has 0 fully saturated rings. The lowest BCUT2D eigenvalue weighted by Gasteiger charge is -2.18. The second-order valence-corrected chi connectivity index (χ2v) is 5.94. The van der Waals surface area contributed by atoms with Crippen LogP contribution >= 0.6 is 12.2 Å². The third-order valence-electron chi connectivity index (χ3n) is 3.38. The molecule has 2 aromatic carbocycles. The molecule has 0 radical (unpaired) electrons. The van der Waals surface area contributed by atoms with Crippen LogP contribution in [-0.2, 0) is 0 Å². The lowest BCUT2D eigenvalue weighted by Crippen LogP contribution is -2.39. The van der Waals surface area contributed by atoms with Gasteiger partial charge >= 0.3 is 0 Å². The zero-order chi connectivity index (χ0) is 17.4. The summed E-state index contributed by atoms with van der Waals surface area (Å²) in [5.74, 6) is 1.75. The number of para-hydroxylation sites is 1. The van der Waals surface area contributed by atoms with E-state index in [1.54, 1.807) is 0 Å². The molecule has 128 valence electrons. The number of hydrogen-bond donors (Lipinski definition) is 2. The average Bonchev–Trinajstić information content (AvgIpc) is 2.56. The standard InChI is InChI=1S/C19H24N2O2S/c1-4-22-17-11-9-16(10-12-17)21-19(24)20-15(3)13-23-18-8-6-5-7-14(18)2/h5-12,15H,4,13H2,1-3H3,(H2,20,21,24)/t15-/m1/s1. The van der Waals surface area contributed by atoms with Gasteiger partial charge in [0.2, 0.25) is 0 Å². The number of benzene rings is 2. The van der Waals surface area contributed by atoms with Gasteiger partial charge in [0, 0.05) is 5.69 Å². The number of aryl methyl sites for hydroxylation is 1. The highest BCUT2D eigenvalue weighted by atomic mass is 32.1. The van der Waals surface area contributed by atoms with Crippen LogP contribution in [0.3, 0.4) is 0 Å². The second-order valence-electron chi connectivity index (χ2n) is 5.53. The van der Waals surface area contributed by atoms with Gasteiger partial charge < -0.3 is 20.1 Å². The molecule has 0 amide bonds. The van der Waals surface area contributed by atoms with Crippen molar-refractivity contribution in [1.29, 1.82) is 0 Å². The fourth-order valence-electron chi connectivity index (χ4n) is 2.17. The zero-order valence-corrected chi connectivity index (χ0v) is 15.2. The lowest BCUT2D eigenvalue weighted by atomic mass is 10.2. The molecule has 5 heteroatoms. The number of hydrogen-bond acceptors (Lipinski definition) is 3. The fourth-order valence-corrected chi connectivity index (χ4v) is 2.49. The molecule has 0 aliphatic rings. The minimum Gasteiger partial charge on any atom is -0.494 e. The molecule has 4 nitrogen and oxygen atoms in total. The van der Waals surface area contributed by atoms with Crippen molar-refractivity contribution in [2.24, 2.45) is 0 Å². The van der Waals surface area contributed by atoms with Crippen LogP contribution in [0.1, 0.15) is 19.4 Å². The van der Waals surface area contributed by atoms with Crippen molar-refractivity contribution in [3.63, 3.8) is 0 Å². The Morgan fingerprint density at radius 2 is 1.79 bits per heavy atom. The largest absolute Gasteiger partial charge is 0.494 e. The van der Waals surface area contributed by atoms with Gasteiger partial charge in [0.05, 0.1) is 12.6 Å². The first-order valence-electron chi connectivity index (χ1n) is 8.07. The van der Waals surface area contributed by atoms with Crippen molar-refractivity contribution in [3.8, 4) is 11.5 Å². The highest BCUT2D eigenvalue weighted by Crippen LogP contribution is 2.17. The number of nitrogens with one attached hydrogen (secondary N) is 2. The van der Waals surface area contributed by atoms with Gasteiger partial charge in [-0.2, -0.15) is 0 Å². The number of rotatable bonds is 7. The van der Waals surface area contributed by atoms with Crippen LogP contribution < -0.4 is 20.1 Å². The summed E-state index contributed by atoms with van der Waals surface area (Å²) in [5.41, 5.74) is 2.04. The molecular weight excluding hydrogens is 320 g/mol. The average molecular weight is 344 g/mol. The maximum atomic E-state index is 5.83. The van der Waals surface area contributed by atoms with Gasteiger partial charge in [-0.05, 0) is 68.9 Å². The third kappa shape index (κ3) is 5.74. The maximum Gasteiger partial charge on any atom is 0.171 e. The van der Waals surface area contributed by atoms with E-state index in [0.717, 1.165) is 22.7 Å². The van der Waals surface area contributed by atoms with Gasteiger partial charge in [0.25, 0.3) is 0 Å². The first-order valence-corrected chi connectivity index (χ1v) is 8.48. The first-order chi connectivity index (χ1) is 11.6. The predicted octanol–water partition coefficient (Wildman–Crippen LogP) is 4.15. The highest BCUT2D eigenvalue weighted by Gasteiger charge is 2.07. The van der Waals surface area contributed by atoms with Crippen molar-refractivity contribution >= 4 is 23.0 Å². The van der Waals surface area contributed by atoms with Crippen LogP contribution in [0.4, 0.5) is 5.69 Å². The molecule has 1 atom stereocenters. The van der Waals surface area contributed by atoms with Crippen LogP contribution in [0.5, 0.6) is 11.5 Å². The second kappa shape index (κ2) is 9.13. The van der Waals surface area contributed by atoms with Crippen molar-refractivity contribution < 1.29 is 9.47 Å². The first kappa shape index (κ1) is 18.1. The topological polar surface area (TPSA) is 42.5 Å². The molecule has 0 aromatic heterocycles. The molecule has 2 rings (SSSR count). The van der Waals surface area contributed by atoms with E-state index in [4.69, 9.17) is 21.7 Å². The van der Waals surface area contributed by atoms with E-state index in [9.17, 15) is 0 Å². The molecule has 2 aromatic rings. The molecule has 0 aliphatic carbocycles. The monoisotopic (exact) mass is 344 g/mol. The molecule has 24 heavy (non-hydrogen) atoms. The van der Waals surface area contributed by atoms with Crippen LogP contribution in [0.2, 0.25) is 0 Å². The summed E-state index contributed by atoms with van der Waals surface area (Å²) in [6, 6.07) is 15.8. The van der Waals surface area contributed by atoms with Crippen LogP contribution in [0.25, 0.3) is 0 Å². The summed E-state index contributed by atoms with van der Waals surface area (Å²) in [4.78, 5) is 0. The van der Waals surface area contributed by atoms with Crippen molar-refractivity contribution in [3.05, 3.63) is 54.1 Å². The van der Waals surface area contributed by atoms with Crippen LogP contribution in [-0.4, -0.2) is 24.4 Å². The Labute approximate surface area is 149 Å². The number of thiocarbonyl (C=S) groups is 1. The molecule has 0 spiro atoms. The van der Waals surface area contributed by atoms with E-state index in [2.05, 4.69) is 10.6 Å². The molecule has 0 heterocycles. The smallest absolute Gasteiger partial charge is 0.171 e. The van der Waals surface area contributed by atoms with Gasteiger partial charge in [-0.3, -0.25) is 0 Å². The summed E-state index contributed by atoms with van der Waals surface area (Å²) < 4.78 is 11.2. The Hall–Kier alpha value is -2.27. The summed E-state index contributed by atoms with van der Waals surface area (Å²) in [6.07, 6.45) is 0. The van der Waals surface area contributed by atoms with E-state index < -0.39 is 0 Å². The van der Waals surface area contributed by atoms with Gasteiger partial charge in [-0.1, -0.05) is 18.2 Å². The van der Waals surface area contributed by atoms with Gasteiger partial charge in [0.1, 0.15) is 18.1 Å². The third-order valence-corrected chi connectivity index (χ3v) is 3.60. The van der Waals surface area contributed by atoms with Crippen molar-refractivity contribution in [1.82, 2.24) is 5.32 Å². The Bertz CT molecular complexity index is 659. The molecule has 0 saturated carbocycles. The minimum absolute atomic E-state index is 0.0901. The van der Waals surface area contributed by atoms with Crippen molar-refractivity contribution in [2.45, 2.75) is 26.8 Å². The van der Waals surface area contributed by atoms with E-state index in [-0.39, 0.29) is 6.04 Å².